The number of halogens is 1. The number of hydrogen-bond acceptors (Lipinski definition) is 4. The number of phenolic OH excluding ortho intramolecular Hbond substituents is 1. The van der Waals surface area contributed by atoms with Gasteiger partial charge in [-0.3, -0.25) is 4.79 Å². The number of phenols is 1. The first-order valence-corrected chi connectivity index (χ1v) is 9.87. The lowest BCUT2D eigenvalue weighted by Crippen LogP contribution is -2.37. The van der Waals surface area contributed by atoms with E-state index in [1.54, 1.807) is 13.0 Å². The van der Waals surface area contributed by atoms with Gasteiger partial charge in [0.15, 0.2) is 5.65 Å². The number of aryl methyl sites for hydroxylation is 1. The summed E-state index contributed by atoms with van der Waals surface area (Å²) in [6.07, 6.45) is 4.04. The zero-order valence-electron chi connectivity index (χ0n) is 16.0. The first kappa shape index (κ1) is 18.7. The number of benzene rings is 1. The number of likely N-dealkylation sites (tertiary alicyclic amines) is 1. The van der Waals surface area contributed by atoms with Gasteiger partial charge in [0.25, 0.3) is 0 Å². The smallest absolute Gasteiger partial charge is 0.219 e. The number of carbonyl (C=O) groups excluding carboxylic acids is 1. The summed E-state index contributed by atoms with van der Waals surface area (Å²) in [6, 6.07) is 7.31. The minimum absolute atomic E-state index is 0.107. The summed E-state index contributed by atoms with van der Waals surface area (Å²) in [5, 5.41) is 20.6. The van der Waals surface area contributed by atoms with E-state index < -0.39 is 0 Å². The van der Waals surface area contributed by atoms with Gasteiger partial charge in [-0.1, -0.05) is 11.6 Å². The molecule has 0 saturated carbocycles. The molecule has 4 rings (SSSR count). The third-order valence-electron chi connectivity index (χ3n) is 5.56. The van der Waals surface area contributed by atoms with Gasteiger partial charge in [-0.25, -0.2) is 0 Å². The van der Waals surface area contributed by atoms with Crippen molar-refractivity contribution in [2.45, 2.75) is 33.2 Å². The van der Waals surface area contributed by atoms with Crippen LogP contribution in [0.15, 0.2) is 30.5 Å². The Morgan fingerprint density at radius 2 is 2.00 bits per heavy atom. The van der Waals surface area contributed by atoms with Crippen LogP contribution in [0.1, 0.15) is 25.3 Å². The molecule has 0 aliphatic carbocycles. The van der Waals surface area contributed by atoms with Gasteiger partial charge in [-0.15, -0.1) is 10.2 Å². The molecule has 0 atom stereocenters. The molecule has 1 saturated heterocycles. The van der Waals surface area contributed by atoms with E-state index in [1.807, 2.05) is 30.2 Å². The maximum Gasteiger partial charge on any atom is 0.219 e. The number of fused-ring (bicyclic) bond motifs is 1. The Balaban J connectivity index is 1.57. The van der Waals surface area contributed by atoms with Gasteiger partial charge < -0.3 is 14.6 Å². The molecule has 28 heavy (non-hydrogen) atoms. The second-order valence-corrected chi connectivity index (χ2v) is 7.98. The van der Waals surface area contributed by atoms with Gasteiger partial charge in [-0.2, -0.15) is 0 Å². The molecule has 1 N–H and O–H groups in total. The molecule has 3 aromatic rings. The molecular formula is C21H23ClN4O2. The highest BCUT2D eigenvalue weighted by Gasteiger charge is 2.22. The van der Waals surface area contributed by atoms with Crippen LogP contribution in [0.5, 0.6) is 5.75 Å². The summed E-state index contributed by atoms with van der Waals surface area (Å²) >= 11 is 6.01. The molecule has 6 nitrogen and oxygen atoms in total. The van der Waals surface area contributed by atoms with E-state index in [4.69, 9.17) is 11.6 Å². The van der Waals surface area contributed by atoms with Crippen LogP contribution in [0, 0.1) is 12.8 Å². The number of piperidine rings is 1. The van der Waals surface area contributed by atoms with Crippen molar-refractivity contribution in [2.24, 2.45) is 5.92 Å². The lowest BCUT2D eigenvalue weighted by Gasteiger charge is -2.31. The molecular weight excluding hydrogens is 376 g/mol. The summed E-state index contributed by atoms with van der Waals surface area (Å²) in [5.41, 5.74) is 2.98. The van der Waals surface area contributed by atoms with E-state index in [2.05, 4.69) is 14.8 Å². The molecule has 1 aromatic carbocycles. The standard InChI is InChI=1S/C21H23ClN4O2/c1-13-9-17(22)11-19(28)20(13)18-10-16-5-8-26(21(16)24-23-18)12-15-3-6-25(7-4-15)14(2)27/h5,8-11,15,28H,3-4,6-7,12H2,1-2H3. The first-order valence-electron chi connectivity index (χ1n) is 9.50. The lowest BCUT2D eigenvalue weighted by atomic mass is 9.97. The highest BCUT2D eigenvalue weighted by molar-refractivity contribution is 6.31. The fourth-order valence-electron chi connectivity index (χ4n) is 4.02. The molecule has 7 heteroatoms. The summed E-state index contributed by atoms with van der Waals surface area (Å²) in [5.74, 6) is 0.787. The zero-order chi connectivity index (χ0) is 19.8. The van der Waals surface area contributed by atoms with Crippen molar-refractivity contribution in [3.05, 3.63) is 41.0 Å². The second-order valence-electron chi connectivity index (χ2n) is 7.54. The Labute approximate surface area is 168 Å². The van der Waals surface area contributed by atoms with Crippen molar-refractivity contribution < 1.29 is 9.90 Å². The average Bonchev–Trinajstić information content (AvgIpc) is 3.03. The second kappa shape index (κ2) is 7.43. The number of aromatic nitrogens is 3. The fraction of sp³-hybridized carbons (Fsp3) is 0.381. The summed E-state index contributed by atoms with van der Waals surface area (Å²) < 4.78 is 2.13. The molecule has 0 radical (unpaired) electrons. The molecule has 0 unspecified atom stereocenters. The van der Waals surface area contributed by atoms with Crippen molar-refractivity contribution in [1.29, 1.82) is 0 Å². The van der Waals surface area contributed by atoms with Crippen molar-refractivity contribution in [2.75, 3.05) is 13.1 Å². The topological polar surface area (TPSA) is 71.2 Å². The summed E-state index contributed by atoms with van der Waals surface area (Å²) in [7, 11) is 0. The Bertz CT molecular complexity index is 1020. The predicted octanol–water partition coefficient (Wildman–Crippen LogP) is 4.02. The van der Waals surface area contributed by atoms with Crippen molar-refractivity contribution in [1.82, 2.24) is 19.7 Å². The monoisotopic (exact) mass is 398 g/mol. The van der Waals surface area contributed by atoms with E-state index in [0.717, 1.165) is 49.1 Å². The van der Waals surface area contributed by atoms with Gasteiger partial charge in [0.2, 0.25) is 5.91 Å². The fourth-order valence-corrected chi connectivity index (χ4v) is 4.29. The van der Waals surface area contributed by atoms with Crippen LogP contribution in [0.2, 0.25) is 5.02 Å². The van der Waals surface area contributed by atoms with Crippen LogP contribution >= 0.6 is 11.6 Å². The zero-order valence-corrected chi connectivity index (χ0v) is 16.8. The average molecular weight is 399 g/mol. The first-order chi connectivity index (χ1) is 13.4. The lowest BCUT2D eigenvalue weighted by molar-refractivity contribution is -0.130. The molecule has 3 heterocycles. The molecule has 1 aliphatic heterocycles. The summed E-state index contributed by atoms with van der Waals surface area (Å²) in [6.45, 7) is 6.04. The number of rotatable bonds is 3. The van der Waals surface area contributed by atoms with Crippen LogP contribution in [0.25, 0.3) is 22.3 Å². The van der Waals surface area contributed by atoms with E-state index in [0.29, 0.717) is 22.2 Å². The number of hydrogen-bond donors (Lipinski definition) is 1. The minimum atomic E-state index is 0.107. The van der Waals surface area contributed by atoms with E-state index >= 15 is 0 Å². The van der Waals surface area contributed by atoms with Crippen LogP contribution in [0.4, 0.5) is 0 Å². The van der Waals surface area contributed by atoms with Crippen molar-refractivity contribution >= 4 is 28.5 Å². The third-order valence-corrected chi connectivity index (χ3v) is 5.78. The van der Waals surface area contributed by atoms with E-state index in [-0.39, 0.29) is 11.7 Å². The molecule has 1 fully saturated rings. The number of nitrogens with zero attached hydrogens (tertiary/aromatic N) is 4. The van der Waals surface area contributed by atoms with Crippen LogP contribution in [-0.4, -0.2) is 43.8 Å². The Kier molecular flexibility index (Phi) is 4.98. The number of amides is 1. The highest BCUT2D eigenvalue weighted by Crippen LogP contribution is 2.35. The quantitative estimate of drug-likeness (QED) is 0.723. The van der Waals surface area contributed by atoms with Crippen molar-refractivity contribution in [3.8, 4) is 17.0 Å². The van der Waals surface area contributed by atoms with Gasteiger partial charge in [-0.05, 0) is 55.5 Å². The number of carbonyl (C=O) groups is 1. The Morgan fingerprint density at radius 3 is 2.68 bits per heavy atom. The van der Waals surface area contributed by atoms with Crippen LogP contribution in [0.3, 0.4) is 0 Å². The van der Waals surface area contributed by atoms with Crippen molar-refractivity contribution in [3.63, 3.8) is 0 Å². The molecule has 0 bridgehead atoms. The molecule has 1 aliphatic rings. The third kappa shape index (κ3) is 3.56. The Hall–Kier alpha value is -2.60. The van der Waals surface area contributed by atoms with Gasteiger partial charge >= 0.3 is 0 Å². The van der Waals surface area contributed by atoms with Crippen LogP contribution < -0.4 is 0 Å². The number of aromatic hydroxyl groups is 1. The minimum Gasteiger partial charge on any atom is -0.507 e. The molecule has 0 spiro atoms. The van der Waals surface area contributed by atoms with E-state index in [9.17, 15) is 9.90 Å². The molecule has 2 aromatic heterocycles. The largest absolute Gasteiger partial charge is 0.507 e. The predicted molar refractivity (Wildman–Crippen MR) is 109 cm³/mol. The maximum atomic E-state index is 11.5. The van der Waals surface area contributed by atoms with Gasteiger partial charge in [0.1, 0.15) is 5.75 Å². The van der Waals surface area contributed by atoms with Gasteiger partial charge in [0.05, 0.1) is 5.69 Å². The SMILES string of the molecule is CC(=O)N1CCC(Cn2ccc3cc(-c4c(C)cc(Cl)cc4O)nnc32)CC1. The summed E-state index contributed by atoms with van der Waals surface area (Å²) in [4.78, 5) is 13.4. The normalized spacial score (nSPS) is 15.3. The van der Waals surface area contributed by atoms with Gasteiger partial charge in [0, 0.05) is 48.7 Å². The van der Waals surface area contributed by atoms with Crippen LogP contribution in [-0.2, 0) is 11.3 Å². The Morgan fingerprint density at radius 1 is 1.25 bits per heavy atom. The molecule has 1 amide bonds. The maximum absolute atomic E-state index is 11.5. The molecule has 146 valence electrons. The highest BCUT2D eigenvalue weighted by atomic mass is 35.5. The van der Waals surface area contributed by atoms with E-state index in [1.165, 1.54) is 6.07 Å².